The summed E-state index contributed by atoms with van der Waals surface area (Å²) in [5.41, 5.74) is 0.886. The van der Waals surface area contributed by atoms with E-state index in [2.05, 4.69) is 13.8 Å². The molecule has 1 fully saturated rings. The second-order valence-electron chi connectivity index (χ2n) is 6.39. The van der Waals surface area contributed by atoms with Crippen molar-refractivity contribution in [2.75, 3.05) is 6.61 Å². The SMILES string of the molecule is CCOC1=CC2(CC2)C2=C(CC(C)(C)CC2=O)O1. The summed E-state index contributed by atoms with van der Waals surface area (Å²) in [6.45, 7) is 6.79. The molecule has 0 aromatic rings. The van der Waals surface area contributed by atoms with Crippen molar-refractivity contribution in [3.05, 3.63) is 23.4 Å². The van der Waals surface area contributed by atoms with Gasteiger partial charge in [0, 0.05) is 29.9 Å². The Morgan fingerprint density at radius 1 is 1.33 bits per heavy atom. The quantitative estimate of drug-likeness (QED) is 0.752. The van der Waals surface area contributed by atoms with Crippen molar-refractivity contribution in [1.82, 2.24) is 0 Å². The zero-order chi connectivity index (χ0) is 13.0. The van der Waals surface area contributed by atoms with Gasteiger partial charge in [0.05, 0.1) is 6.61 Å². The molecule has 3 rings (SSSR count). The van der Waals surface area contributed by atoms with Crippen LogP contribution in [-0.4, -0.2) is 12.4 Å². The van der Waals surface area contributed by atoms with E-state index < -0.39 is 0 Å². The molecule has 18 heavy (non-hydrogen) atoms. The third kappa shape index (κ3) is 1.76. The lowest BCUT2D eigenvalue weighted by Gasteiger charge is -2.36. The predicted octanol–water partition coefficient (Wildman–Crippen LogP) is 3.32. The molecule has 0 radical (unpaired) electrons. The fourth-order valence-electron chi connectivity index (χ4n) is 3.10. The standard InChI is InChI=1S/C15H20O3/c1-4-17-12-9-15(5-6-15)13-10(16)7-14(2,3)8-11(13)18-12/h9H,4-8H2,1-3H3. The van der Waals surface area contributed by atoms with E-state index in [9.17, 15) is 4.79 Å². The average molecular weight is 248 g/mol. The van der Waals surface area contributed by atoms with Gasteiger partial charge in [0.1, 0.15) is 5.76 Å². The molecule has 0 N–H and O–H groups in total. The third-order valence-electron chi connectivity index (χ3n) is 4.03. The summed E-state index contributed by atoms with van der Waals surface area (Å²) >= 11 is 0. The number of carbonyl (C=O) groups excluding carboxylic acids is 1. The molecule has 0 aromatic carbocycles. The minimum atomic E-state index is -0.0499. The summed E-state index contributed by atoms with van der Waals surface area (Å²) in [6.07, 6.45) is 5.59. The van der Waals surface area contributed by atoms with Gasteiger partial charge < -0.3 is 9.47 Å². The fourth-order valence-corrected chi connectivity index (χ4v) is 3.10. The summed E-state index contributed by atoms with van der Waals surface area (Å²) in [5, 5.41) is 0. The predicted molar refractivity (Wildman–Crippen MR) is 67.5 cm³/mol. The van der Waals surface area contributed by atoms with Gasteiger partial charge in [-0.05, 0) is 25.2 Å². The molecule has 0 amide bonds. The van der Waals surface area contributed by atoms with Crippen molar-refractivity contribution in [2.24, 2.45) is 10.8 Å². The van der Waals surface area contributed by atoms with Crippen LogP contribution in [0.25, 0.3) is 0 Å². The van der Waals surface area contributed by atoms with Crippen LogP contribution in [0.15, 0.2) is 23.4 Å². The lowest BCUT2D eigenvalue weighted by Crippen LogP contribution is -2.32. The Hall–Kier alpha value is -1.25. The molecule has 1 heterocycles. The molecule has 0 saturated heterocycles. The van der Waals surface area contributed by atoms with Crippen molar-refractivity contribution in [1.29, 1.82) is 0 Å². The Bertz CT molecular complexity index is 464. The summed E-state index contributed by atoms with van der Waals surface area (Å²) < 4.78 is 11.3. The van der Waals surface area contributed by atoms with Gasteiger partial charge in [-0.2, -0.15) is 0 Å². The van der Waals surface area contributed by atoms with Crippen LogP contribution >= 0.6 is 0 Å². The van der Waals surface area contributed by atoms with Gasteiger partial charge in [-0.3, -0.25) is 4.79 Å². The summed E-state index contributed by atoms with van der Waals surface area (Å²) in [6, 6.07) is 0. The van der Waals surface area contributed by atoms with Crippen LogP contribution in [0.1, 0.15) is 46.5 Å². The number of ether oxygens (including phenoxy) is 2. The van der Waals surface area contributed by atoms with E-state index in [0.29, 0.717) is 19.0 Å². The van der Waals surface area contributed by atoms with Crippen molar-refractivity contribution in [2.45, 2.75) is 46.5 Å². The van der Waals surface area contributed by atoms with E-state index >= 15 is 0 Å². The largest absolute Gasteiger partial charge is 0.466 e. The highest BCUT2D eigenvalue weighted by molar-refractivity contribution is 5.99. The van der Waals surface area contributed by atoms with Crippen LogP contribution in [0.2, 0.25) is 0 Å². The van der Waals surface area contributed by atoms with Gasteiger partial charge in [-0.15, -0.1) is 0 Å². The molecular weight excluding hydrogens is 228 g/mol. The maximum Gasteiger partial charge on any atom is 0.281 e. The van der Waals surface area contributed by atoms with Crippen molar-refractivity contribution >= 4 is 5.78 Å². The smallest absolute Gasteiger partial charge is 0.281 e. The van der Waals surface area contributed by atoms with Crippen LogP contribution in [0, 0.1) is 10.8 Å². The zero-order valence-electron chi connectivity index (χ0n) is 11.3. The van der Waals surface area contributed by atoms with Gasteiger partial charge in [0.15, 0.2) is 5.78 Å². The highest BCUT2D eigenvalue weighted by Gasteiger charge is 2.54. The molecule has 2 aliphatic carbocycles. The first-order valence-electron chi connectivity index (χ1n) is 6.76. The Balaban J connectivity index is 1.97. The average Bonchev–Trinajstić information content (AvgIpc) is 2.95. The minimum absolute atomic E-state index is 0.000656. The molecular formula is C15H20O3. The number of allylic oxidation sites excluding steroid dienone is 3. The molecule has 0 unspecified atom stereocenters. The second kappa shape index (κ2) is 3.62. The molecule has 1 aliphatic heterocycles. The summed E-state index contributed by atoms with van der Waals surface area (Å²) in [5.74, 6) is 1.73. The van der Waals surface area contributed by atoms with Crippen LogP contribution in [0.4, 0.5) is 0 Å². The maximum absolute atomic E-state index is 12.4. The van der Waals surface area contributed by atoms with Crippen molar-refractivity contribution in [3.63, 3.8) is 0 Å². The van der Waals surface area contributed by atoms with Crippen LogP contribution in [0.5, 0.6) is 0 Å². The maximum atomic E-state index is 12.4. The Kier molecular flexibility index (Phi) is 2.38. The minimum Gasteiger partial charge on any atom is -0.466 e. The van der Waals surface area contributed by atoms with Crippen LogP contribution in [0.3, 0.4) is 0 Å². The molecule has 3 nitrogen and oxygen atoms in total. The van der Waals surface area contributed by atoms with Crippen LogP contribution < -0.4 is 0 Å². The number of hydrogen-bond acceptors (Lipinski definition) is 3. The number of rotatable bonds is 2. The van der Waals surface area contributed by atoms with E-state index in [4.69, 9.17) is 9.47 Å². The van der Waals surface area contributed by atoms with Crippen molar-refractivity contribution < 1.29 is 14.3 Å². The molecule has 1 spiro atoms. The highest BCUT2D eigenvalue weighted by atomic mass is 16.7. The molecule has 3 heteroatoms. The molecule has 0 bridgehead atoms. The summed E-state index contributed by atoms with van der Waals surface area (Å²) in [7, 11) is 0. The zero-order valence-corrected chi connectivity index (χ0v) is 11.3. The monoisotopic (exact) mass is 248 g/mol. The molecule has 0 aromatic heterocycles. The van der Waals surface area contributed by atoms with Crippen LogP contribution in [-0.2, 0) is 14.3 Å². The van der Waals surface area contributed by atoms with Gasteiger partial charge in [-0.25, -0.2) is 0 Å². The first-order valence-corrected chi connectivity index (χ1v) is 6.76. The molecule has 1 saturated carbocycles. The number of hydrogen-bond donors (Lipinski definition) is 0. The number of ketones is 1. The van der Waals surface area contributed by atoms with E-state index in [0.717, 1.165) is 30.6 Å². The Morgan fingerprint density at radius 3 is 2.67 bits per heavy atom. The Morgan fingerprint density at radius 2 is 2.06 bits per heavy atom. The molecule has 0 atom stereocenters. The first-order chi connectivity index (χ1) is 8.46. The Labute approximate surface area is 108 Å². The normalized spacial score (nSPS) is 27.5. The molecule has 3 aliphatic rings. The second-order valence-corrected chi connectivity index (χ2v) is 6.39. The lowest BCUT2D eigenvalue weighted by molar-refractivity contribution is -0.119. The topological polar surface area (TPSA) is 35.5 Å². The number of fused-ring (bicyclic) bond motifs is 1. The molecule has 98 valence electrons. The first kappa shape index (κ1) is 11.8. The van der Waals surface area contributed by atoms with E-state index in [-0.39, 0.29) is 16.6 Å². The van der Waals surface area contributed by atoms with Gasteiger partial charge >= 0.3 is 0 Å². The van der Waals surface area contributed by atoms with E-state index in [1.54, 1.807) is 0 Å². The van der Waals surface area contributed by atoms with E-state index in [1.807, 2.05) is 13.0 Å². The number of Topliss-reactive ketones (excluding diaryl/α,β-unsaturated/α-hetero) is 1. The van der Waals surface area contributed by atoms with Crippen molar-refractivity contribution in [3.8, 4) is 0 Å². The summed E-state index contributed by atoms with van der Waals surface area (Å²) in [4.78, 5) is 12.4. The fraction of sp³-hybridized carbons (Fsp3) is 0.667. The van der Waals surface area contributed by atoms with Gasteiger partial charge in [0.2, 0.25) is 0 Å². The van der Waals surface area contributed by atoms with Gasteiger partial charge in [0.25, 0.3) is 5.95 Å². The third-order valence-corrected chi connectivity index (χ3v) is 4.03. The van der Waals surface area contributed by atoms with E-state index in [1.165, 1.54) is 0 Å². The lowest BCUT2D eigenvalue weighted by atomic mass is 9.72. The number of carbonyl (C=O) groups is 1. The highest BCUT2D eigenvalue weighted by Crippen LogP contribution is 2.60. The van der Waals surface area contributed by atoms with Gasteiger partial charge in [-0.1, -0.05) is 13.8 Å².